The molecule has 0 spiro atoms. The Hall–Kier alpha value is 0.651. The average Bonchev–Trinajstić information content (AvgIpc) is 2.72. The second kappa shape index (κ2) is 16.0. The molecule has 0 N–H and O–H groups in total. The van der Waals surface area contributed by atoms with Gasteiger partial charge in [-0.05, 0) is 118 Å². The predicted molar refractivity (Wildman–Crippen MR) is 188 cm³/mol. The fraction of sp³-hybridized carbons (Fsp3) is 0.963. The van der Waals surface area contributed by atoms with Gasteiger partial charge in [0.1, 0.15) is 13.2 Å². The second-order valence-corrected chi connectivity index (χ2v) is 43.9. The van der Waals surface area contributed by atoms with E-state index in [0.717, 1.165) is 0 Å². The number of ketones is 1. The van der Waals surface area contributed by atoms with Gasteiger partial charge in [0.15, 0.2) is 55.7 Å². The Balaban J connectivity index is 0.00000101. The third-order valence-corrected chi connectivity index (χ3v) is 10.9. The molecule has 2 unspecified atom stereocenters. The maximum absolute atomic E-state index is 11.3. The van der Waals surface area contributed by atoms with E-state index >= 15 is 0 Å². The lowest BCUT2D eigenvalue weighted by atomic mass is 10.2. The van der Waals surface area contributed by atoms with E-state index in [-0.39, 0.29) is 32.2 Å². The Morgan fingerprint density at radius 3 is 0.929 bits per heavy atom. The van der Waals surface area contributed by atoms with Crippen LogP contribution in [0, 0.1) is 0 Å². The minimum absolute atomic E-state index is 0.0508. The van der Waals surface area contributed by atoms with Crippen molar-refractivity contribution in [2.24, 2.45) is 0 Å². The maximum Gasteiger partial charge on any atom is 0.205 e. The number of Topliss-reactive ketones (excluding diaryl/α,β-unsaturated/α-hetero) is 1. The highest BCUT2D eigenvalue weighted by Crippen LogP contribution is 2.34. The molecule has 0 aromatic rings. The molecule has 0 aliphatic carbocycles. The summed E-state index contributed by atoms with van der Waals surface area (Å²) in [6.07, 6.45) is 0. The first-order valence-electron chi connectivity index (χ1n) is 15.1. The van der Waals surface area contributed by atoms with Gasteiger partial charge in [0, 0.05) is 0 Å². The van der Waals surface area contributed by atoms with Crippen molar-refractivity contribution < 1.29 is 40.8 Å². The molecule has 0 amide bonds. The van der Waals surface area contributed by atoms with Crippen LogP contribution in [-0.4, -0.2) is 107 Å². The highest BCUT2D eigenvalue weighted by atomic mass is 28.4. The Kier molecular flexibility index (Phi) is 16.2. The van der Waals surface area contributed by atoms with Gasteiger partial charge in [-0.25, -0.2) is 0 Å². The Labute approximate surface area is 264 Å². The van der Waals surface area contributed by atoms with Crippen molar-refractivity contribution in [3.8, 4) is 0 Å². The summed E-state index contributed by atoms with van der Waals surface area (Å²) >= 11 is 0. The largest absolute Gasteiger partial charge is 0.412 e. The minimum Gasteiger partial charge on any atom is -0.412 e. The molecule has 0 aromatic heterocycles. The smallest absolute Gasteiger partial charge is 0.205 e. The lowest BCUT2D eigenvalue weighted by Gasteiger charge is -2.50. The van der Waals surface area contributed by atoms with Crippen molar-refractivity contribution in [2.75, 3.05) is 39.6 Å². The van der Waals surface area contributed by atoms with Crippen molar-refractivity contribution in [3.05, 3.63) is 0 Å². The van der Waals surface area contributed by atoms with Gasteiger partial charge < -0.3 is 36.0 Å². The van der Waals surface area contributed by atoms with E-state index in [1.54, 1.807) is 0 Å². The highest BCUT2D eigenvalue weighted by Gasteiger charge is 2.51. The van der Waals surface area contributed by atoms with E-state index in [9.17, 15) is 4.79 Å². The zero-order chi connectivity index (χ0) is 33.5. The van der Waals surface area contributed by atoms with Gasteiger partial charge in [-0.2, -0.15) is 0 Å². The van der Waals surface area contributed by atoms with Crippen LogP contribution in [0.1, 0.15) is 0 Å². The molecule has 1 rings (SSSR count). The molecule has 1 fully saturated rings. The van der Waals surface area contributed by atoms with Gasteiger partial charge in [0.2, 0.25) is 11.6 Å². The first kappa shape index (κ1) is 42.7. The SMILES string of the molecule is C[Si](C)(C)OCC(=O)CO[Si](C)(C)C.C[Si](C)(C)OCC1(O[Si](C)(C)C)COC(CO[Si](C)(C)C)(O[Si](C)(C)C)CO1. The summed E-state index contributed by atoms with van der Waals surface area (Å²) in [6, 6.07) is 0. The summed E-state index contributed by atoms with van der Waals surface area (Å²) in [5.74, 6) is -1.71. The van der Waals surface area contributed by atoms with Gasteiger partial charge in [-0.15, -0.1) is 0 Å². The quantitative estimate of drug-likeness (QED) is 0.156. The van der Waals surface area contributed by atoms with Crippen LogP contribution in [0.15, 0.2) is 0 Å². The summed E-state index contributed by atoms with van der Waals surface area (Å²) in [5.41, 5.74) is 0. The Morgan fingerprint density at radius 1 is 0.476 bits per heavy atom. The molecule has 15 heteroatoms. The first-order valence-corrected chi connectivity index (χ1v) is 35.5. The fourth-order valence-corrected chi connectivity index (χ4v) is 8.39. The summed E-state index contributed by atoms with van der Waals surface area (Å²) in [6.45, 7) is 40.1. The molecule has 42 heavy (non-hydrogen) atoms. The van der Waals surface area contributed by atoms with Gasteiger partial charge in [0.25, 0.3) is 0 Å². The fourth-order valence-electron chi connectivity index (χ4n) is 3.31. The molecule has 0 saturated carbocycles. The van der Waals surface area contributed by atoms with Gasteiger partial charge in [-0.1, -0.05) is 0 Å². The van der Waals surface area contributed by atoms with Crippen molar-refractivity contribution in [1.29, 1.82) is 0 Å². The molecular formula is C27H66O9Si6. The number of ether oxygens (including phenoxy) is 2. The summed E-state index contributed by atoms with van der Waals surface area (Å²) < 4.78 is 49.0. The highest BCUT2D eigenvalue weighted by molar-refractivity contribution is 6.71. The van der Waals surface area contributed by atoms with Gasteiger partial charge in [-0.3, -0.25) is 4.79 Å². The maximum atomic E-state index is 11.3. The summed E-state index contributed by atoms with van der Waals surface area (Å²) in [5, 5.41) is 0. The lowest BCUT2D eigenvalue weighted by Crippen LogP contribution is -2.64. The molecule has 1 saturated heterocycles. The summed E-state index contributed by atoms with van der Waals surface area (Å²) in [4.78, 5) is 11.3. The van der Waals surface area contributed by atoms with Gasteiger partial charge >= 0.3 is 0 Å². The van der Waals surface area contributed by atoms with Gasteiger partial charge in [0.05, 0.1) is 26.4 Å². The number of hydrogen-bond donors (Lipinski definition) is 0. The predicted octanol–water partition coefficient (Wildman–Crippen LogP) is 7.09. The third kappa shape index (κ3) is 23.1. The van der Waals surface area contributed by atoms with Crippen molar-refractivity contribution in [3.63, 3.8) is 0 Å². The molecular weight excluding hydrogens is 637 g/mol. The Bertz CT molecular complexity index is 743. The molecule has 2 atom stereocenters. The second-order valence-electron chi connectivity index (χ2n) is 17.0. The normalized spacial score (nSPS) is 22.9. The third-order valence-electron chi connectivity index (χ3n) is 4.88. The molecule has 9 nitrogen and oxygen atoms in total. The molecule has 0 radical (unpaired) electrons. The lowest BCUT2D eigenvalue weighted by molar-refractivity contribution is -0.363. The molecule has 1 aliphatic heterocycles. The molecule has 252 valence electrons. The molecule has 0 bridgehead atoms. The van der Waals surface area contributed by atoms with Crippen LogP contribution in [0.3, 0.4) is 0 Å². The van der Waals surface area contributed by atoms with Crippen molar-refractivity contribution in [1.82, 2.24) is 0 Å². The van der Waals surface area contributed by atoms with Crippen LogP contribution in [-0.2, 0) is 40.8 Å². The summed E-state index contributed by atoms with van der Waals surface area (Å²) in [7, 11) is -10.3. The van der Waals surface area contributed by atoms with E-state index in [1.807, 2.05) is 0 Å². The molecule has 1 aliphatic rings. The van der Waals surface area contributed by atoms with Crippen LogP contribution >= 0.6 is 0 Å². The van der Waals surface area contributed by atoms with Crippen LogP contribution in [0.5, 0.6) is 0 Å². The standard InChI is InChI=1S/C18H44O6Si4.C9H22O3Si2/c1-25(2,3)21-15-17(23-27(7,8)9)13-20-18(14-19-17,24-28(10,11)12)16-22-26(4,5)6;1-13(2,3)11-7-9(10)8-12-14(4,5)6/h13-16H2,1-12H3;7-8H2,1-6H3. The molecule has 0 aromatic carbocycles. The van der Waals surface area contributed by atoms with E-state index < -0.39 is 61.5 Å². The van der Waals surface area contributed by atoms with Crippen LogP contribution in [0.25, 0.3) is 0 Å². The zero-order valence-corrected chi connectivity index (χ0v) is 36.4. The van der Waals surface area contributed by atoms with E-state index in [2.05, 4.69) is 118 Å². The van der Waals surface area contributed by atoms with Crippen molar-refractivity contribution in [2.45, 2.75) is 129 Å². The average molecular weight is 703 g/mol. The number of carbonyl (C=O) groups is 1. The van der Waals surface area contributed by atoms with Crippen molar-refractivity contribution >= 4 is 55.7 Å². The zero-order valence-electron chi connectivity index (χ0n) is 30.4. The van der Waals surface area contributed by atoms with Crippen LogP contribution < -0.4 is 0 Å². The Morgan fingerprint density at radius 2 is 0.738 bits per heavy atom. The van der Waals surface area contributed by atoms with E-state index in [0.29, 0.717) is 13.2 Å². The number of hydrogen-bond acceptors (Lipinski definition) is 9. The molecule has 1 heterocycles. The van der Waals surface area contributed by atoms with Crippen LogP contribution in [0.4, 0.5) is 0 Å². The number of rotatable bonds is 16. The monoisotopic (exact) mass is 702 g/mol. The first-order chi connectivity index (χ1) is 18.3. The van der Waals surface area contributed by atoms with E-state index in [1.165, 1.54) is 0 Å². The number of carbonyl (C=O) groups excluding carboxylic acids is 1. The topological polar surface area (TPSA) is 90.9 Å². The minimum atomic E-state index is -1.88. The van der Waals surface area contributed by atoms with Crippen LogP contribution in [0.2, 0.25) is 118 Å². The van der Waals surface area contributed by atoms with E-state index in [4.69, 9.17) is 36.0 Å².